The number of likely N-dealkylation sites (tertiary alicyclic amines) is 1. The van der Waals surface area contributed by atoms with Crippen molar-refractivity contribution in [3.05, 3.63) is 11.6 Å². The summed E-state index contributed by atoms with van der Waals surface area (Å²) in [4.78, 5) is 93.2. The van der Waals surface area contributed by atoms with Gasteiger partial charge in [-0.15, -0.1) is 0 Å². The molecule has 8 N–H and O–H groups in total. The van der Waals surface area contributed by atoms with Crippen molar-refractivity contribution in [1.82, 2.24) is 40.4 Å². The maximum absolute atomic E-state index is 12.8. The van der Waals surface area contributed by atoms with E-state index >= 15 is 0 Å². The Bertz CT molecular complexity index is 1290. The summed E-state index contributed by atoms with van der Waals surface area (Å²) in [5.41, 5.74) is 0.720. The van der Waals surface area contributed by atoms with Gasteiger partial charge in [0.1, 0.15) is 12.6 Å². The van der Waals surface area contributed by atoms with Crippen molar-refractivity contribution in [2.45, 2.75) is 38.7 Å². The fraction of sp³-hybridized carbons (Fsp3) is 0.719. The minimum atomic E-state index is -1.69. The van der Waals surface area contributed by atoms with Crippen LogP contribution in [0.15, 0.2) is 11.6 Å². The minimum Gasteiger partial charge on any atom is -0.480 e. The van der Waals surface area contributed by atoms with Crippen LogP contribution in [0.5, 0.6) is 0 Å². The molecule has 54 heavy (non-hydrogen) atoms. The van der Waals surface area contributed by atoms with Gasteiger partial charge in [0.15, 0.2) is 0 Å². The molecule has 2 aliphatic rings. The third-order valence-corrected chi connectivity index (χ3v) is 8.65. The normalized spacial score (nSPS) is 18.7. The number of carbonyl (C=O) groups excluding carboxylic acids is 4. The van der Waals surface area contributed by atoms with Crippen molar-refractivity contribution in [3.8, 4) is 0 Å². The molecule has 2 saturated heterocycles. The van der Waals surface area contributed by atoms with Crippen molar-refractivity contribution in [3.63, 3.8) is 0 Å². The zero-order chi connectivity index (χ0) is 40.2. The van der Waals surface area contributed by atoms with E-state index in [9.17, 15) is 58.9 Å². The van der Waals surface area contributed by atoms with E-state index in [0.717, 1.165) is 5.57 Å². The van der Waals surface area contributed by atoms with E-state index in [1.807, 2.05) is 0 Å². The maximum atomic E-state index is 12.8. The van der Waals surface area contributed by atoms with Crippen LogP contribution in [0.2, 0.25) is 0 Å². The topological polar surface area (TPSA) is 282 Å². The molecule has 0 aromatic rings. The van der Waals surface area contributed by atoms with Crippen LogP contribution >= 0.6 is 0 Å². The summed E-state index contributed by atoms with van der Waals surface area (Å²) in [6.07, 6.45) is 2.53. The number of carbonyl (C=O) groups is 7. The predicted octanol–water partition coefficient (Wildman–Crippen LogP) is -4.84. The Hall–Kier alpha value is -4.19. The smallest absolute Gasteiger partial charge is 0.475 e. The van der Waals surface area contributed by atoms with Crippen LogP contribution < -0.4 is 16.0 Å². The number of aliphatic carboxylic acids is 3. The van der Waals surface area contributed by atoms with Gasteiger partial charge in [-0.2, -0.15) is 0 Å². The average Bonchev–Trinajstić information content (AvgIpc) is 3.58. The summed E-state index contributed by atoms with van der Waals surface area (Å²) in [7, 11) is -1.69. The molecule has 2 atom stereocenters. The lowest BCUT2D eigenvalue weighted by molar-refractivity contribution is -0.140. The number of rotatable bonds is 19. The number of allylic oxidation sites excluding steroid dienone is 1. The first-order valence-electron chi connectivity index (χ1n) is 17.8. The predicted molar refractivity (Wildman–Crippen MR) is 192 cm³/mol. The molecule has 2 rings (SSSR count). The number of hydrogen-bond acceptors (Lipinski definition) is 14. The maximum Gasteiger partial charge on any atom is 0.475 e. The summed E-state index contributed by atoms with van der Waals surface area (Å²) < 4.78 is 5.38. The SMILES string of the molecule is CC(C)=CC(NC(=O)COCCNC(=O)CN1CCN(CC(=O)O)CCN(CC(=O)O)CCN(CC(=O)O)CC1)C(=O)NCC(=O)N1CCC[C@H]1B(O)O. The Morgan fingerprint density at radius 2 is 1.20 bits per heavy atom. The molecule has 4 amide bonds. The lowest BCUT2D eigenvalue weighted by Gasteiger charge is -2.32. The van der Waals surface area contributed by atoms with E-state index < -0.39 is 67.9 Å². The quantitative estimate of drug-likeness (QED) is 0.0347. The molecule has 304 valence electrons. The van der Waals surface area contributed by atoms with Gasteiger partial charge in [0.25, 0.3) is 0 Å². The number of amides is 4. The lowest BCUT2D eigenvalue weighted by atomic mass is 9.78. The molecule has 2 aliphatic heterocycles. The molecule has 0 aliphatic carbocycles. The number of nitrogens with zero attached hydrogens (tertiary/aromatic N) is 5. The molecule has 2 fully saturated rings. The monoisotopic (exact) mass is 770 g/mol. The van der Waals surface area contributed by atoms with Crippen molar-refractivity contribution in [2.75, 3.05) is 111 Å². The highest BCUT2D eigenvalue weighted by molar-refractivity contribution is 6.43. The number of nitrogens with one attached hydrogen (secondary N) is 3. The Kier molecular flexibility index (Phi) is 20.7. The second-order valence-electron chi connectivity index (χ2n) is 13.4. The molecule has 21 nitrogen and oxygen atoms in total. The molecule has 0 bridgehead atoms. The molecular weight excluding hydrogens is 715 g/mol. The molecule has 0 saturated carbocycles. The van der Waals surface area contributed by atoms with Gasteiger partial charge in [0.05, 0.1) is 45.3 Å². The van der Waals surface area contributed by atoms with Crippen LogP contribution in [-0.2, 0) is 38.3 Å². The number of carboxylic acids is 3. The van der Waals surface area contributed by atoms with Gasteiger partial charge in [-0.25, -0.2) is 0 Å². The van der Waals surface area contributed by atoms with Gasteiger partial charge in [-0.05, 0) is 26.7 Å². The van der Waals surface area contributed by atoms with Gasteiger partial charge < -0.3 is 51.0 Å². The van der Waals surface area contributed by atoms with E-state index in [4.69, 9.17) is 4.74 Å². The van der Waals surface area contributed by atoms with Crippen LogP contribution in [0.3, 0.4) is 0 Å². The van der Waals surface area contributed by atoms with Crippen LogP contribution in [-0.4, -0.2) is 222 Å². The first-order chi connectivity index (χ1) is 25.5. The summed E-state index contributed by atoms with van der Waals surface area (Å²) in [5.74, 6) is -6.07. The Balaban J connectivity index is 1.86. The van der Waals surface area contributed by atoms with E-state index in [-0.39, 0.29) is 97.6 Å². The molecule has 0 aromatic carbocycles. The van der Waals surface area contributed by atoms with Crippen LogP contribution in [0.1, 0.15) is 26.7 Å². The summed E-state index contributed by atoms with van der Waals surface area (Å²) in [6.45, 7) is 4.06. The number of carboxylic acid groups (broad SMARTS) is 3. The van der Waals surface area contributed by atoms with Crippen LogP contribution in [0.25, 0.3) is 0 Å². The first-order valence-corrected chi connectivity index (χ1v) is 17.8. The third-order valence-electron chi connectivity index (χ3n) is 8.65. The van der Waals surface area contributed by atoms with E-state index in [1.54, 1.807) is 33.4 Å². The fourth-order valence-corrected chi connectivity index (χ4v) is 5.99. The highest BCUT2D eigenvalue weighted by Crippen LogP contribution is 2.17. The van der Waals surface area contributed by atoms with Crippen LogP contribution in [0.4, 0.5) is 0 Å². The van der Waals surface area contributed by atoms with E-state index in [2.05, 4.69) is 16.0 Å². The van der Waals surface area contributed by atoms with Gasteiger partial charge in [-0.1, -0.05) is 11.6 Å². The second-order valence-corrected chi connectivity index (χ2v) is 13.4. The highest BCUT2D eigenvalue weighted by atomic mass is 16.5. The minimum absolute atomic E-state index is 0.0374. The molecule has 1 unspecified atom stereocenters. The zero-order valence-electron chi connectivity index (χ0n) is 31.0. The third kappa shape index (κ3) is 18.7. The Morgan fingerprint density at radius 1 is 0.722 bits per heavy atom. The van der Waals surface area contributed by atoms with Gasteiger partial charge in [-0.3, -0.25) is 53.2 Å². The highest BCUT2D eigenvalue weighted by Gasteiger charge is 2.37. The molecular formula is C32H55BN8O13. The molecule has 0 aromatic heterocycles. The van der Waals surface area contributed by atoms with Crippen molar-refractivity contribution >= 4 is 48.7 Å². The van der Waals surface area contributed by atoms with Gasteiger partial charge in [0, 0.05) is 65.4 Å². The van der Waals surface area contributed by atoms with E-state index in [1.165, 1.54) is 11.0 Å². The fourth-order valence-electron chi connectivity index (χ4n) is 5.99. The standard InChI is InChI=1S/C32H55BN8O13/c1-23(2)16-24(32(51)35-17-28(44)41-6-3-4-25(41)33(52)53)36-27(43)22-54-15-5-34-26(42)18-37-7-9-38(19-29(45)46)11-13-40(21-31(49)50)14-12-39(10-8-37)20-30(47)48/h16,24-25,52-53H,3-15,17-22H2,1-2H3,(H,34,42)(H,35,51)(H,36,43)(H,45,46)(H,47,48)(H,49,50)/t24?,25-/m0/s1. The van der Waals surface area contributed by atoms with Crippen molar-refractivity contribution < 1.29 is 63.7 Å². The zero-order valence-corrected chi connectivity index (χ0v) is 31.0. The molecule has 0 radical (unpaired) electrons. The first kappa shape index (κ1) is 46.0. The van der Waals surface area contributed by atoms with Gasteiger partial charge >= 0.3 is 25.0 Å². The van der Waals surface area contributed by atoms with E-state index in [0.29, 0.717) is 19.4 Å². The van der Waals surface area contributed by atoms with Gasteiger partial charge in [0.2, 0.25) is 23.6 Å². The Morgan fingerprint density at radius 3 is 1.65 bits per heavy atom. The Labute approximate surface area is 314 Å². The lowest BCUT2D eigenvalue weighted by Crippen LogP contribution is -2.52. The second kappa shape index (κ2) is 24.3. The van der Waals surface area contributed by atoms with Crippen molar-refractivity contribution in [2.24, 2.45) is 0 Å². The van der Waals surface area contributed by atoms with Crippen molar-refractivity contribution in [1.29, 1.82) is 0 Å². The molecule has 2 heterocycles. The summed E-state index contributed by atoms with van der Waals surface area (Å²) >= 11 is 0. The summed E-state index contributed by atoms with van der Waals surface area (Å²) in [6, 6.07) is -1.11. The molecule has 22 heteroatoms. The number of hydrogen-bond donors (Lipinski definition) is 8. The average molecular weight is 771 g/mol. The van der Waals surface area contributed by atoms with Crippen LogP contribution in [0, 0.1) is 0 Å². The summed E-state index contributed by atoms with van der Waals surface area (Å²) in [5, 5.41) is 54.8. The largest absolute Gasteiger partial charge is 0.480 e. The molecule has 0 spiro atoms. The number of ether oxygens (including phenoxy) is 1.